The van der Waals surface area contributed by atoms with Gasteiger partial charge in [-0.05, 0) is 23.3 Å². The van der Waals surface area contributed by atoms with Crippen LogP contribution in [0, 0.1) is 11.6 Å². The maximum atomic E-state index is 14.4. The summed E-state index contributed by atoms with van der Waals surface area (Å²) in [6.45, 7) is 0. The largest absolute Gasteiger partial charge is 0.491 e. The van der Waals surface area contributed by atoms with Crippen LogP contribution in [0.2, 0.25) is 0 Å². The molecule has 0 aromatic heterocycles. The van der Waals surface area contributed by atoms with Gasteiger partial charge >= 0.3 is 12.1 Å². The van der Waals surface area contributed by atoms with E-state index in [9.17, 15) is 26.7 Å². The molecule has 0 radical (unpaired) electrons. The standard InChI is InChI=1S/C24H19F5N2O2/c25-18-12-7-13-19(26)17(18)14-23(33-22(32)24(27,28)29)30-20(15-8-3-1-4-9-15)21(31-23)16-10-5-2-6-11-16/h1-13,20-21,30-31H,14H2. The molecule has 1 heterocycles. The Morgan fingerprint density at radius 1 is 0.788 bits per heavy atom. The first kappa shape index (κ1) is 22.9. The first-order chi connectivity index (χ1) is 15.7. The van der Waals surface area contributed by atoms with Gasteiger partial charge in [0.1, 0.15) is 11.6 Å². The number of halogens is 5. The molecule has 4 nitrogen and oxygen atoms in total. The van der Waals surface area contributed by atoms with E-state index >= 15 is 0 Å². The molecule has 1 saturated heterocycles. The van der Waals surface area contributed by atoms with Gasteiger partial charge in [-0.3, -0.25) is 10.6 Å². The van der Waals surface area contributed by atoms with Crippen molar-refractivity contribution in [3.05, 3.63) is 107 Å². The molecule has 1 aliphatic rings. The van der Waals surface area contributed by atoms with Gasteiger partial charge in [-0.15, -0.1) is 0 Å². The molecule has 2 atom stereocenters. The second-order valence-corrected chi connectivity index (χ2v) is 7.66. The zero-order chi connectivity index (χ0) is 23.6. The van der Waals surface area contributed by atoms with E-state index in [4.69, 9.17) is 4.74 Å². The highest BCUT2D eigenvalue weighted by Crippen LogP contribution is 2.40. The van der Waals surface area contributed by atoms with Gasteiger partial charge in [0, 0.05) is 12.0 Å². The molecule has 4 rings (SSSR count). The van der Waals surface area contributed by atoms with Gasteiger partial charge in [-0.1, -0.05) is 66.7 Å². The second kappa shape index (κ2) is 8.92. The number of alkyl halides is 3. The quantitative estimate of drug-likeness (QED) is 0.417. The van der Waals surface area contributed by atoms with Crippen molar-refractivity contribution in [1.82, 2.24) is 10.6 Å². The molecule has 0 bridgehead atoms. The first-order valence-corrected chi connectivity index (χ1v) is 10.1. The Morgan fingerprint density at radius 3 is 1.67 bits per heavy atom. The summed E-state index contributed by atoms with van der Waals surface area (Å²) >= 11 is 0. The highest BCUT2D eigenvalue weighted by molar-refractivity contribution is 5.76. The van der Waals surface area contributed by atoms with E-state index in [-0.39, 0.29) is 0 Å². The van der Waals surface area contributed by atoms with Gasteiger partial charge in [0.15, 0.2) is 0 Å². The molecular formula is C24H19F5N2O2. The Morgan fingerprint density at radius 2 is 1.24 bits per heavy atom. The van der Waals surface area contributed by atoms with Gasteiger partial charge in [0.2, 0.25) is 5.85 Å². The van der Waals surface area contributed by atoms with Crippen molar-refractivity contribution in [2.75, 3.05) is 0 Å². The number of benzene rings is 3. The van der Waals surface area contributed by atoms with Gasteiger partial charge < -0.3 is 4.74 Å². The molecule has 0 amide bonds. The molecule has 2 N–H and O–H groups in total. The normalized spacial score (nSPS) is 22.8. The summed E-state index contributed by atoms with van der Waals surface area (Å²) in [6, 6.07) is 19.3. The lowest BCUT2D eigenvalue weighted by molar-refractivity contribution is -0.218. The number of rotatable bonds is 5. The van der Waals surface area contributed by atoms with E-state index < -0.39 is 53.7 Å². The Kier molecular flexibility index (Phi) is 6.18. The van der Waals surface area contributed by atoms with E-state index in [0.717, 1.165) is 18.2 Å². The number of nitrogens with one attached hydrogen (secondary N) is 2. The van der Waals surface area contributed by atoms with Crippen LogP contribution < -0.4 is 10.6 Å². The average molecular weight is 462 g/mol. The zero-order valence-corrected chi connectivity index (χ0v) is 17.1. The van der Waals surface area contributed by atoms with Crippen LogP contribution in [-0.2, 0) is 16.0 Å². The summed E-state index contributed by atoms with van der Waals surface area (Å²) in [5.74, 6) is -6.67. The van der Waals surface area contributed by atoms with Gasteiger partial charge in [-0.2, -0.15) is 13.2 Å². The van der Waals surface area contributed by atoms with E-state index in [2.05, 4.69) is 10.6 Å². The fourth-order valence-corrected chi connectivity index (χ4v) is 3.95. The van der Waals surface area contributed by atoms with Crippen molar-refractivity contribution in [3.63, 3.8) is 0 Å². The van der Waals surface area contributed by atoms with Crippen molar-refractivity contribution in [2.45, 2.75) is 30.5 Å². The number of esters is 1. The molecule has 1 fully saturated rings. The number of carbonyl (C=O) groups excluding carboxylic acids is 1. The number of hydrogen-bond donors (Lipinski definition) is 2. The van der Waals surface area contributed by atoms with Crippen molar-refractivity contribution in [1.29, 1.82) is 0 Å². The van der Waals surface area contributed by atoms with Gasteiger partial charge in [0.05, 0.1) is 12.1 Å². The maximum absolute atomic E-state index is 14.4. The summed E-state index contributed by atoms with van der Waals surface area (Å²) in [5, 5.41) is 5.78. The molecule has 0 spiro atoms. The minimum atomic E-state index is -5.31. The lowest BCUT2D eigenvalue weighted by Gasteiger charge is -2.31. The monoisotopic (exact) mass is 462 g/mol. The molecular weight excluding hydrogens is 443 g/mol. The summed E-state index contributed by atoms with van der Waals surface area (Å²) in [7, 11) is 0. The van der Waals surface area contributed by atoms with E-state index in [0.29, 0.717) is 11.1 Å². The second-order valence-electron chi connectivity index (χ2n) is 7.66. The molecule has 0 saturated carbocycles. The van der Waals surface area contributed by atoms with Crippen LogP contribution in [0.5, 0.6) is 0 Å². The van der Waals surface area contributed by atoms with Crippen LogP contribution in [0.4, 0.5) is 22.0 Å². The van der Waals surface area contributed by atoms with Crippen molar-refractivity contribution >= 4 is 5.97 Å². The van der Waals surface area contributed by atoms with Crippen LogP contribution in [-0.4, -0.2) is 18.0 Å². The van der Waals surface area contributed by atoms with Crippen LogP contribution >= 0.6 is 0 Å². The molecule has 33 heavy (non-hydrogen) atoms. The van der Waals surface area contributed by atoms with Crippen LogP contribution in [0.15, 0.2) is 78.9 Å². The fraction of sp³-hybridized carbons (Fsp3) is 0.208. The SMILES string of the molecule is O=C(OC1(Cc2c(F)cccc2F)NC(c2ccccc2)C(c2ccccc2)N1)C(F)(F)F. The molecule has 9 heteroatoms. The maximum Gasteiger partial charge on any atom is 0.491 e. The smallest absolute Gasteiger partial charge is 0.423 e. The van der Waals surface area contributed by atoms with Crippen LogP contribution in [0.3, 0.4) is 0 Å². The zero-order valence-electron chi connectivity index (χ0n) is 17.1. The van der Waals surface area contributed by atoms with Crippen molar-refractivity contribution in [2.24, 2.45) is 0 Å². The molecule has 3 aromatic rings. The minimum Gasteiger partial charge on any atom is -0.423 e. The van der Waals surface area contributed by atoms with Crippen molar-refractivity contribution in [3.8, 4) is 0 Å². The Bertz CT molecular complexity index is 1050. The summed E-state index contributed by atoms with van der Waals surface area (Å²) in [6.07, 6.45) is -6.03. The molecule has 3 aromatic carbocycles. The summed E-state index contributed by atoms with van der Waals surface area (Å²) < 4.78 is 73.1. The lowest BCUT2D eigenvalue weighted by Crippen LogP contribution is -2.56. The molecule has 2 unspecified atom stereocenters. The summed E-state index contributed by atoms with van der Waals surface area (Å²) in [4.78, 5) is 11.9. The average Bonchev–Trinajstić information content (AvgIpc) is 3.16. The predicted molar refractivity (Wildman–Crippen MR) is 110 cm³/mol. The minimum absolute atomic E-state index is 0.520. The van der Waals surface area contributed by atoms with E-state index in [1.165, 1.54) is 0 Å². The third kappa shape index (κ3) is 4.89. The lowest BCUT2D eigenvalue weighted by atomic mass is 9.95. The highest BCUT2D eigenvalue weighted by Gasteiger charge is 2.53. The third-order valence-corrected chi connectivity index (χ3v) is 5.41. The number of hydrogen-bond acceptors (Lipinski definition) is 4. The van der Waals surface area contributed by atoms with E-state index in [1.807, 2.05) is 0 Å². The molecule has 0 aliphatic carbocycles. The predicted octanol–water partition coefficient (Wildman–Crippen LogP) is 4.94. The Balaban J connectivity index is 1.80. The third-order valence-electron chi connectivity index (χ3n) is 5.41. The Hall–Kier alpha value is -3.30. The number of carbonyl (C=O) groups is 1. The Labute approximate surface area is 186 Å². The number of ether oxygens (including phenoxy) is 1. The molecule has 1 aliphatic heterocycles. The van der Waals surface area contributed by atoms with Crippen LogP contribution in [0.1, 0.15) is 28.8 Å². The van der Waals surface area contributed by atoms with Crippen molar-refractivity contribution < 1.29 is 31.5 Å². The fourth-order valence-electron chi connectivity index (χ4n) is 3.95. The topological polar surface area (TPSA) is 50.4 Å². The molecule has 172 valence electrons. The summed E-state index contributed by atoms with van der Waals surface area (Å²) in [5.41, 5.74) is 0.837. The first-order valence-electron chi connectivity index (χ1n) is 10.1. The van der Waals surface area contributed by atoms with E-state index in [1.54, 1.807) is 60.7 Å². The van der Waals surface area contributed by atoms with Gasteiger partial charge in [-0.25, -0.2) is 13.6 Å². The van der Waals surface area contributed by atoms with Gasteiger partial charge in [0.25, 0.3) is 0 Å². The highest BCUT2D eigenvalue weighted by atomic mass is 19.4. The van der Waals surface area contributed by atoms with Crippen LogP contribution in [0.25, 0.3) is 0 Å².